The standard InChI is InChI=1S/C19H16F2N4O2/c1-27-17-5-3-2-4-12(17)9-23-18-11-22-16(10-24-18)19(26)25-13-6-7-14(20)15(21)8-13/h2-8,10-11H,9H2,1H3,(H,23,24)(H,25,26). The van der Waals surface area contributed by atoms with Gasteiger partial charge in [0.15, 0.2) is 11.6 Å². The minimum absolute atomic E-state index is 0.0441. The molecule has 0 unspecified atom stereocenters. The molecule has 1 amide bonds. The van der Waals surface area contributed by atoms with Crippen LogP contribution in [0.25, 0.3) is 0 Å². The highest BCUT2D eigenvalue weighted by molar-refractivity contribution is 6.02. The molecule has 27 heavy (non-hydrogen) atoms. The predicted molar refractivity (Wildman–Crippen MR) is 96.7 cm³/mol. The third-order valence-electron chi connectivity index (χ3n) is 3.71. The largest absolute Gasteiger partial charge is 0.496 e. The van der Waals surface area contributed by atoms with Crippen molar-refractivity contribution in [2.24, 2.45) is 0 Å². The van der Waals surface area contributed by atoms with E-state index in [-0.39, 0.29) is 11.4 Å². The minimum Gasteiger partial charge on any atom is -0.496 e. The third kappa shape index (κ3) is 4.55. The van der Waals surface area contributed by atoms with Gasteiger partial charge in [-0.15, -0.1) is 0 Å². The first-order valence-electron chi connectivity index (χ1n) is 8.01. The highest BCUT2D eigenvalue weighted by atomic mass is 19.2. The maximum Gasteiger partial charge on any atom is 0.275 e. The molecule has 2 aromatic carbocycles. The molecule has 0 saturated carbocycles. The fourth-order valence-electron chi connectivity index (χ4n) is 2.34. The van der Waals surface area contributed by atoms with Crippen LogP contribution < -0.4 is 15.4 Å². The maximum atomic E-state index is 13.2. The number of nitrogens with zero attached hydrogens (tertiary/aromatic N) is 2. The number of rotatable bonds is 6. The topological polar surface area (TPSA) is 76.1 Å². The summed E-state index contributed by atoms with van der Waals surface area (Å²) in [5.74, 6) is -1.39. The number of carbonyl (C=O) groups is 1. The molecule has 1 aromatic heterocycles. The number of nitrogens with one attached hydrogen (secondary N) is 2. The highest BCUT2D eigenvalue weighted by Crippen LogP contribution is 2.18. The van der Waals surface area contributed by atoms with E-state index in [4.69, 9.17) is 4.74 Å². The van der Waals surface area contributed by atoms with Crippen molar-refractivity contribution >= 4 is 17.4 Å². The van der Waals surface area contributed by atoms with E-state index >= 15 is 0 Å². The van der Waals surface area contributed by atoms with E-state index < -0.39 is 17.5 Å². The van der Waals surface area contributed by atoms with E-state index in [2.05, 4.69) is 20.6 Å². The second-order valence-corrected chi connectivity index (χ2v) is 5.54. The normalized spacial score (nSPS) is 10.3. The first-order chi connectivity index (χ1) is 13.1. The molecular weight excluding hydrogens is 354 g/mol. The number of anilines is 2. The number of carbonyl (C=O) groups excluding carboxylic acids is 1. The van der Waals surface area contributed by atoms with E-state index in [0.29, 0.717) is 12.4 Å². The van der Waals surface area contributed by atoms with Crippen LogP contribution in [-0.2, 0) is 6.54 Å². The fraction of sp³-hybridized carbons (Fsp3) is 0.105. The molecule has 6 nitrogen and oxygen atoms in total. The van der Waals surface area contributed by atoms with Crippen molar-refractivity contribution in [3.05, 3.63) is 77.8 Å². The summed E-state index contributed by atoms with van der Waals surface area (Å²) in [4.78, 5) is 20.3. The number of aromatic nitrogens is 2. The summed E-state index contributed by atoms with van der Waals surface area (Å²) in [6.07, 6.45) is 2.70. The van der Waals surface area contributed by atoms with Crippen molar-refractivity contribution in [2.45, 2.75) is 6.54 Å². The Balaban J connectivity index is 1.62. The fourth-order valence-corrected chi connectivity index (χ4v) is 2.34. The van der Waals surface area contributed by atoms with Crippen LogP contribution in [0, 0.1) is 11.6 Å². The second-order valence-electron chi connectivity index (χ2n) is 5.54. The Morgan fingerprint density at radius 1 is 1.07 bits per heavy atom. The van der Waals surface area contributed by atoms with E-state index in [1.165, 1.54) is 18.5 Å². The van der Waals surface area contributed by atoms with Gasteiger partial charge in [-0.3, -0.25) is 4.79 Å². The molecule has 0 fully saturated rings. The van der Waals surface area contributed by atoms with Crippen molar-refractivity contribution in [1.29, 1.82) is 0 Å². The molecule has 0 aliphatic heterocycles. The molecule has 138 valence electrons. The summed E-state index contributed by atoms with van der Waals surface area (Å²) in [6.45, 7) is 0.471. The molecule has 8 heteroatoms. The Morgan fingerprint density at radius 2 is 1.89 bits per heavy atom. The molecule has 3 rings (SSSR count). The van der Waals surface area contributed by atoms with Crippen molar-refractivity contribution < 1.29 is 18.3 Å². The van der Waals surface area contributed by atoms with Gasteiger partial charge in [-0.1, -0.05) is 18.2 Å². The number of ether oxygens (including phenoxy) is 1. The van der Waals surface area contributed by atoms with Crippen molar-refractivity contribution in [3.8, 4) is 5.75 Å². The zero-order chi connectivity index (χ0) is 19.2. The summed E-state index contributed by atoms with van der Waals surface area (Å²) in [5.41, 5.74) is 1.11. The zero-order valence-corrected chi connectivity index (χ0v) is 14.4. The average Bonchev–Trinajstić information content (AvgIpc) is 2.69. The molecule has 1 heterocycles. The van der Waals surface area contributed by atoms with Gasteiger partial charge in [0, 0.05) is 23.9 Å². The van der Waals surface area contributed by atoms with Gasteiger partial charge in [-0.25, -0.2) is 18.7 Å². The Labute approximate surface area is 154 Å². The van der Waals surface area contributed by atoms with E-state index in [0.717, 1.165) is 23.4 Å². The second kappa shape index (κ2) is 8.22. The van der Waals surface area contributed by atoms with E-state index in [9.17, 15) is 13.6 Å². The molecule has 3 aromatic rings. The Morgan fingerprint density at radius 3 is 2.59 bits per heavy atom. The lowest BCUT2D eigenvalue weighted by atomic mass is 10.2. The first kappa shape index (κ1) is 18.2. The molecule has 0 aliphatic carbocycles. The number of hydrogen-bond donors (Lipinski definition) is 2. The van der Waals surface area contributed by atoms with Crippen LogP contribution in [0.3, 0.4) is 0 Å². The molecule has 0 atom stereocenters. The Kier molecular flexibility index (Phi) is 5.55. The van der Waals surface area contributed by atoms with Crippen LogP contribution in [-0.4, -0.2) is 23.0 Å². The van der Waals surface area contributed by atoms with Crippen LogP contribution >= 0.6 is 0 Å². The number of amides is 1. The zero-order valence-electron chi connectivity index (χ0n) is 14.4. The quantitative estimate of drug-likeness (QED) is 0.693. The first-order valence-corrected chi connectivity index (χ1v) is 8.01. The minimum atomic E-state index is -1.05. The predicted octanol–water partition coefficient (Wildman–Crippen LogP) is 3.63. The lowest BCUT2D eigenvalue weighted by Crippen LogP contribution is -2.14. The van der Waals surface area contributed by atoms with Crippen molar-refractivity contribution in [1.82, 2.24) is 9.97 Å². The molecule has 0 radical (unpaired) electrons. The number of benzene rings is 2. The monoisotopic (exact) mass is 370 g/mol. The van der Waals surface area contributed by atoms with E-state index in [1.54, 1.807) is 7.11 Å². The van der Waals surface area contributed by atoms with Crippen LogP contribution in [0.15, 0.2) is 54.9 Å². The Bertz CT molecular complexity index is 949. The summed E-state index contributed by atoms with van der Waals surface area (Å²) in [7, 11) is 1.60. The molecule has 0 bridgehead atoms. The lowest BCUT2D eigenvalue weighted by Gasteiger charge is -2.10. The van der Waals surface area contributed by atoms with Gasteiger partial charge in [0.25, 0.3) is 5.91 Å². The lowest BCUT2D eigenvalue weighted by molar-refractivity contribution is 0.102. The van der Waals surface area contributed by atoms with Gasteiger partial charge in [0.2, 0.25) is 0 Å². The molecule has 0 saturated heterocycles. The molecular formula is C19H16F2N4O2. The van der Waals surface area contributed by atoms with Crippen LogP contribution in [0.5, 0.6) is 5.75 Å². The summed E-state index contributed by atoms with van der Waals surface area (Å²) >= 11 is 0. The molecule has 2 N–H and O–H groups in total. The number of para-hydroxylation sites is 1. The van der Waals surface area contributed by atoms with Crippen LogP contribution in [0.2, 0.25) is 0 Å². The van der Waals surface area contributed by atoms with E-state index in [1.807, 2.05) is 24.3 Å². The van der Waals surface area contributed by atoms with Crippen molar-refractivity contribution in [3.63, 3.8) is 0 Å². The maximum absolute atomic E-state index is 13.2. The summed E-state index contributed by atoms with van der Waals surface area (Å²) in [5, 5.41) is 5.52. The van der Waals surface area contributed by atoms with Gasteiger partial charge in [0.1, 0.15) is 17.3 Å². The van der Waals surface area contributed by atoms with Crippen molar-refractivity contribution in [2.75, 3.05) is 17.7 Å². The smallest absolute Gasteiger partial charge is 0.275 e. The number of hydrogen-bond acceptors (Lipinski definition) is 5. The summed E-state index contributed by atoms with van der Waals surface area (Å²) in [6, 6.07) is 10.6. The molecule has 0 aliphatic rings. The van der Waals surface area contributed by atoms with Crippen LogP contribution in [0.1, 0.15) is 16.1 Å². The Hall–Kier alpha value is -3.55. The van der Waals surface area contributed by atoms with Crippen LogP contribution in [0.4, 0.5) is 20.3 Å². The van der Waals surface area contributed by atoms with Gasteiger partial charge < -0.3 is 15.4 Å². The third-order valence-corrected chi connectivity index (χ3v) is 3.71. The van der Waals surface area contributed by atoms with Gasteiger partial charge in [-0.2, -0.15) is 0 Å². The SMILES string of the molecule is COc1ccccc1CNc1cnc(C(=O)Nc2ccc(F)c(F)c2)cn1. The number of halogens is 2. The number of methoxy groups -OCH3 is 1. The average molecular weight is 370 g/mol. The molecule has 0 spiro atoms. The summed E-state index contributed by atoms with van der Waals surface area (Å²) < 4.78 is 31.4. The van der Waals surface area contributed by atoms with Gasteiger partial charge in [0.05, 0.1) is 19.5 Å². The highest BCUT2D eigenvalue weighted by Gasteiger charge is 2.11. The van der Waals surface area contributed by atoms with Gasteiger partial charge >= 0.3 is 0 Å². The van der Waals surface area contributed by atoms with Gasteiger partial charge in [-0.05, 0) is 18.2 Å².